The minimum atomic E-state index is -0.904. The third-order valence-electron chi connectivity index (χ3n) is 5.80. The molecule has 0 saturated heterocycles. The number of nitrogens with zero attached hydrogens (tertiary/aromatic N) is 3. The van der Waals surface area contributed by atoms with Gasteiger partial charge in [0.15, 0.2) is 0 Å². The summed E-state index contributed by atoms with van der Waals surface area (Å²) in [7, 11) is 0. The van der Waals surface area contributed by atoms with Gasteiger partial charge in [-0.05, 0) is 48.4 Å². The molecule has 0 radical (unpaired) electrons. The number of carbonyl (C=O) groups is 2. The Labute approximate surface area is 195 Å². The van der Waals surface area contributed by atoms with Gasteiger partial charge in [0.1, 0.15) is 24.0 Å². The molecule has 6 nitrogen and oxygen atoms in total. The van der Waals surface area contributed by atoms with Crippen LogP contribution in [0.25, 0.3) is 0 Å². The van der Waals surface area contributed by atoms with E-state index in [9.17, 15) is 22.8 Å². The number of carbonyl (C=O) groups excluding carboxylic acids is 2. The van der Waals surface area contributed by atoms with Crippen molar-refractivity contribution in [3.63, 3.8) is 0 Å². The average molecular weight is 470 g/mol. The number of anilines is 1. The maximum absolute atomic E-state index is 14.0. The van der Waals surface area contributed by atoms with E-state index in [-0.39, 0.29) is 24.7 Å². The van der Waals surface area contributed by atoms with Crippen LogP contribution in [0, 0.1) is 17.5 Å². The topological polar surface area (TPSA) is 57.6 Å². The van der Waals surface area contributed by atoms with Gasteiger partial charge in [-0.1, -0.05) is 19.1 Å². The Morgan fingerprint density at radius 3 is 2.56 bits per heavy atom. The van der Waals surface area contributed by atoms with Gasteiger partial charge in [0, 0.05) is 37.6 Å². The number of fused-ring (bicyclic) bond motifs is 1. The minimum absolute atomic E-state index is 0.173. The van der Waals surface area contributed by atoms with Crippen LogP contribution in [-0.2, 0) is 11.3 Å². The van der Waals surface area contributed by atoms with Crippen LogP contribution in [0.4, 0.5) is 23.7 Å². The normalized spacial score (nSPS) is 15.1. The van der Waals surface area contributed by atoms with Gasteiger partial charge in [0.2, 0.25) is 5.91 Å². The molecule has 1 aliphatic rings. The molecule has 0 unspecified atom stereocenters. The Morgan fingerprint density at radius 1 is 1.03 bits per heavy atom. The van der Waals surface area contributed by atoms with Crippen LogP contribution in [0.15, 0.2) is 60.8 Å². The highest BCUT2D eigenvalue weighted by Gasteiger charge is 2.33. The summed E-state index contributed by atoms with van der Waals surface area (Å²) < 4.78 is 43.2. The van der Waals surface area contributed by atoms with Crippen LogP contribution in [0.5, 0.6) is 0 Å². The zero-order valence-electron chi connectivity index (χ0n) is 18.7. The van der Waals surface area contributed by atoms with Crippen molar-refractivity contribution in [1.29, 1.82) is 0 Å². The fourth-order valence-electron chi connectivity index (χ4n) is 4.24. The van der Waals surface area contributed by atoms with Gasteiger partial charge in [-0.2, -0.15) is 0 Å². The summed E-state index contributed by atoms with van der Waals surface area (Å²) in [5.74, 6) is -2.37. The van der Waals surface area contributed by atoms with E-state index in [1.54, 1.807) is 17.0 Å². The maximum Gasteiger partial charge on any atom is 0.322 e. The highest BCUT2D eigenvalue weighted by atomic mass is 19.1. The number of nitrogens with one attached hydrogen (secondary N) is 1. The largest absolute Gasteiger partial charge is 0.348 e. The first-order chi connectivity index (χ1) is 16.4. The number of amides is 3. The standard InChI is InChI=1S/C25H25F3N4O2/c1-2-10-31(25(34)29-21-9-8-19(27)15-20(21)28)16-23(33)32-13-12-30-11-4-7-22(30)24(32)17-5-3-6-18(26)14-17/h3-9,11,14-15,24H,2,10,12-13,16H2,1H3,(H,29,34)/t24-/m1/s1. The average Bonchev–Trinajstić information content (AvgIpc) is 3.28. The van der Waals surface area contributed by atoms with Gasteiger partial charge in [-0.15, -0.1) is 0 Å². The molecule has 178 valence electrons. The second-order valence-corrected chi connectivity index (χ2v) is 8.15. The van der Waals surface area contributed by atoms with Crippen molar-refractivity contribution in [3.8, 4) is 0 Å². The molecule has 3 aromatic rings. The highest BCUT2D eigenvalue weighted by Crippen LogP contribution is 2.33. The number of aromatic nitrogens is 1. The molecular formula is C25H25F3N4O2. The van der Waals surface area contributed by atoms with Crippen molar-refractivity contribution in [2.24, 2.45) is 0 Å². The Kier molecular flexibility index (Phi) is 6.90. The van der Waals surface area contributed by atoms with E-state index < -0.39 is 29.5 Å². The third-order valence-corrected chi connectivity index (χ3v) is 5.80. The van der Waals surface area contributed by atoms with E-state index in [0.29, 0.717) is 31.1 Å². The lowest BCUT2D eigenvalue weighted by Gasteiger charge is -2.38. The van der Waals surface area contributed by atoms with E-state index in [4.69, 9.17) is 0 Å². The summed E-state index contributed by atoms with van der Waals surface area (Å²) in [5, 5.41) is 2.41. The molecule has 0 saturated carbocycles. The Morgan fingerprint density at radius 2 is 1.82 bits per heavy atom. The van der Waals surface area contributed by atoms with E-state index in [1.165, 1.54) is 17.0 Å². The maximum atomic E-state index is 14.0. The molecule has 1 aromatic heterocycles. The number of urea groups is 1. The van der Waals surface area contributed by atoms with Crippen molar-refractivity contribution in [2.75, 3.05) is 25.0 Å². The molecule has 0 bridgehead atoms. The first kappa shape index (κ1) is 23.4. The molecule has 4 rings (SSSR count). The van der Waals surface area contributed by atoms with Crippen molar-refractivity contribution in [1.82, 2.24) is 14.4 Å². The number of benzene rings is 2. The molecule has 3 amide bonds. The number of hydrogen-bond donors (Lipinski definition) is 1. The molecule has 34 heavy (non-hydrogen) atoms. The highest BCUT2D eigenvalue weighted by molar-refractivity contribution is 5.92. The zero-order valence-corrected chi connectivity index (χ0v) is 18.7. The van der Waals surface area contributed by atoms with Gasteiger partial charge in [-0.25, -0.2) is 18.0 Å². The molecule has 2 heterocycles. The number of halogens is 3. The zero-order chi connectivity index (χ0) is 24.2. The van der Waals surface area contributed by atoms with Crippen LogP contribution in [0.2, 0.25) is 0 Å². The molecule has 2 aromatic carbocycles. The molecule has 1 aliphatic heterocycles. The summed E-state index contributed by atoms with van der Waals surface area (Å²) in [5.41, 5.74) is 1.31. The van der Waals surface area contributed by atoms with Crippen LogP contribution in [0.3, 0.4) is 0 Å². The second kappa shape index (κ2) is 10.0. The predicted octanol–water partition coefficient (Wildman–Crippen LogP) is 4.78. The number of hydrogen-bond acceptors (Lipinski definition) is 2. The predicted molar refractivity (Wildman–Crippen MR) is 122 cm³/mol. The lowest BCUT2D eigenvalue weighted by atomic mass is 9.99. The first-order valence-electron chi connectivity index (χ1n) is 11.1. The minimum Gasteiger partial charge on any atom is -0.348 e. The summed E-state index contributed by atoms with van der Waals surface area (Å²) in [4.78, 5) is 29.2. The summed E-state index contributed by atoms with van der Waals surface area (Å²) in [6, 6.07) is 11.6. The van der Waals surface area contributed by atoms with Gasteiger partial charge in [0.05, 0.1) is 11.7 Å². The summed E-state index contributed by atoms with van der Waals surface area (Å²) in [6.45, 7) is 2.83. The second-order valence-electron chi connectivity index (χ2n) is 8.15. The van der Waals surface area contributed by atoms with Crippen LogP contribution >= 0.6 is 0 Å². The van der Waals surface area contributed by atoms with Gasteiger partial charge in [-0.3, -0.25) is 4.79 Å². The van der Waals surface area contributed by atoms with E-state index >= 15 is 0 Å². The van der Waals surface area contributed by atoms with Gasteiger partial charge < -0.3 is 19.7 Å². The molecule has 9 heteroatoms. The summed E-state index contributed by atoms with van der Waals surface area (Å²) in [6.07, 6.45) is 2.49. The SMILES string of the molecule is CCCN(CC(=O)N1CCn2cccc2[C@H]1c1cccc(F)c1)C(=O)Nc1ccc(F)cc1F. The lowest BCUT2D eigenvalue weighted by molar-refractivity contribution is -0.134. The first-order valence-corrected chi connectivity index (χ1v) is 11.1. The van der Waals surface area contributed by atoms with Gasteiger partial charge in [0.25, 0.3) is 0 Å². The Balaban J connectivity index is 1.56. The lowest BCUT2D eigenvalue weighted by Crippen LogP contribution is -2.49. The van der Waals surface area contributed by atoms with E-state index in [1.807, 2.05) is 29.8 Å². The molecule has 0 fully saturated rings. The molecule has 0 spiro atoms. The summed E-state index contributed by atoms with van der Waals surface area (Å²) >= 11 is 0. The van der Waals surface area contributed by atoms with E-state index in [0.717, 1.165) is 17.8 Å². The Bertz CT molecular complexity index is 1200. The van der Waals surface area contributed by atoms with Crippen molar-refractivity contribution >= 4 is 17.6 Å². The van der Waals surface area contributed by atoms with Crippen molar-refractivity contribution < 1.29 is 22.8 Å². The fraction of sp³-hybridized carbons (Fsp3) is 0.280. The molecule has 1 N–H and O–H groups in total. The van der Waals surface area contributed by atoms with Gasteiger partial charge >= 0.3 is 6.03 Å². The smallest absolute Gasteiger partial charge is 0.322 e. The van der Waals surface area contributed by atoms with Crippen molar-refractivity contribution in [3.05, 3.63) is 89.5 Å². The monoisotopic (exact) mass is 470 g/mol. The van der Waals surface area contributed by atoms with E-state index in [2.05, 4.69) is 5.32 Å². The van der Waals surface area contributed by atoms with Crippen LogP contribution < -0.4 is 5.32 Å². The number of rotatable bonds is 6. The third kappa shape index (κ3) is 4.93. The Hall–Kier alpha value is -3.75. The molecule has 1 atom stereocenters. The van der Waals surface area contributed by atoms with Crippen LogP contribution in [0.1, 0.15) is 30.6 Å². The van der Waals surface area contributed by atoms with Crippen LogP contribution in [-0.4, -0.2) is 45.9 Å². The molecule has 0 aliphatic carbocycles. The van der Waals surface area contributed by atoms with Crippen molar-refractivity contribution in [2.45, 2.75) is 25.9 Å². The quantitative estimate of drug-likeness (QED) is 0.564. The molecular weight excluding hydrogens is 445 g/mol. The fourth-order valence-corrected chi connectivity index (χ4v) is 4.24.